The molecule has 1 fully saturated rings. The van der Waals surface area contributed by atoms with Crippen molar-refractivity contribution in [1.29, 1.82) is 0 Å². The van der Waals surface area contributed by atoms with Crippen LogP contribution in [0.3, 0.4) is 0 Å². The summed E-state index contributed by atoms with van der Waals surface area (Å²) >= 11 is 0. The Hall–Kier alpha value is -2.17. The van der Waals surface area contributed by atoms with E-state index in [9.17, 15) is 9.59 Å². The number of nitrogens with zero attached hydrogens (tertiary/aromatic N) is 1. The molecule has 2 unspecified atom stereocenters. The fourth-order valence-corrected chi connectivity index (χ4v) is 1.62. The first kappa shape index (κ1) is 12.3. The lowest BCUT2D eigenvalue weighted by atomic mass is 10.2. The van der Waals surface area contributed by atoms with E-state index in [4.69, 9.17) is 5.11 Å². The monoisotopic (exact) mass is 246 g/mol. The molecule has 2 atom stereocenters. The Labute approximate surface area is 105 Å². The van der Waals surface area contributed by atoms with Crippen molar-refractivity contribution in [3.8, 4) is 0 Å². The van der Waals surface area contributed by atoms with Gasteiger partial charge in [-0.3, -0.25) is 9.78 Å². The number of carbonyl (C=O) groups is 2. The summed E-state index contributed by atoms with van der Waals surface area (Å²) in [7, 11) is 0. The van der Waals surface area contributed by atoms with E-state index in [1.165, 1.54) is 18.5 Å². The highest BCUT2D eigenvalue weighted by Crippen LogP contribution is 2.29. The number of hydrogen-bond acceptors (Lipinski definition) is 3. The van der Waals surface area contributed by atoms with E-state index in [0.29, 0.717) is 17.0 Å². The van der Waals surface area contributed by atoms with Gasteiger partial charge in [-0.15, -0.1) is 0 Å². The molecule has 0 aromatic carbocycles. The lowest BCUT2D eigenvalue weighted by Gasteiger charge is -2.03. The topological polar surface area (TPSA) is 79.3 Å². The molecule has 1 amide bonds. The molecule has 5 nitrogen and oxygen atoms in total. The number of carboxylic acids is 1. The molecule has 0 bridgehead atoms. The van der Waals surface area contributed by atoms with Crippen LogP contribution in [0.4, 0.5) is 0 Å². The second-order valence-corrected chi connectivity index (χ2v) is 4.47. The van der Waals surface area contributed by atoms with Gasteiger partial charge in [-0.05, 0) is 30.0 Å². The van der Waals surface area contributed by atoms with Crippen LogP contribution < -0.4 is 5.32 Å². The highest BCUT2D eigenvalue weighted by molar-refractivity contribution is 5.95. The molecule has 0 aliphatic heterocycles. The van der Waals surface area contributed by atoms with Gasteiger partial charge in [-0.2, -0.15) is 0 Å². The maximum absolute atomic E-state index is 11.8. The molecule has 5 heteroatoms. The second kappa shape index (κ2) is 5.00. The molecule has 1 aliphatic carbocycles. The van der Waals surface area contributed by atoms with E-state index in [1.807, 2.05) is 0 Å². The van der Waals surface area contributed by atoms with Crippen LogP contribution in [0.25, 0.3) is 6.08 Å². The Morgan fingerprint density at radius 2 is 2.22 bits per heavy atom. The van der Waals surface area contributed by atoms with Gasteiger partial charge in [0, 0.05) is 24.5 Å². The van der Waals surface area contributed by atoms with Crippen LogP contribution in [0.2, 0.25) is 0 Å². The highest BCUT2D eigenvalue weighted by Gasteiger charge is 2.33. The number of rotatable bonds is 4. The van der Waals surface area contributed by atoms with Gasteiger partial charge in [-0.25, -0.2) is 4.79 Å². The Bertz CT molecular complexity index is 511. The number of carboxylic acid groups (broad SMARTS) is 1. The Balaban J connectivity index is 2.06. The molecule has 94 valence electrons. The summed E-state index contributed by atoms with van der Waals surface area (Å²) in [6.45, 7) is 2.08. The van der Waals surface area contributed by atoms with E-state index in [-0.39, 0.29) is 11.9 Å². The fourth-order valence-electron chi connectivity index (χ4n) is 1.62. The molecule has 0 saturated heterocycles. The number of aliphatic carboxylic acids is 1. The number of pyridine rings is 1. The van der Waals surface area contributed by atoms with E-state index in [0.717, 1.165) is 12.5 Å². The van der Waals surface area contributed by atoms with Gasteiger partial charge < -0.3 is 10.4 Å². The van der Waals surface area contributed by atoms with Gasteiger partial charge in [0.1, 0.15) is 0 Å². The third-order valence-corrected chi connectivity index (χ3v) is 2.87. The minimum atomic E-state index is -1.03. The van der Waals surface area contributed by atoms with Crippen LogP contribution in [-0.4, -0.2) is 28.0 Å². The van der Waals surface area contributed by atoms with E-state index >= 15 is 0 Å². The van der Waals surface area contributed by atoms with Crippen LogP contribution in [0.1, 0.15) is 29.3 Å². The van der Waals surface area contributed by atoms with Crippen molar-refractivity contribution >= 4 is 18.0 Å². The molecule has 1 saturated carbocycles. The molecular formula is C13H14N2O3. The SMILES string of the molecule is CC1CC1NC(=O)c1cncc(C=CC(=O)O)c1. The van der Waals surface area contributed by atoms with Crippen LogP contribution in [0.15, 0.2) is 24.5 Å². The standard InChI is InChI=1S/C13H14N2O3/c1-8-4-11(8)15-13(18)10-5-9(6-14-7-10)2-3-12(16)17/h2-3,5-8,11H,4H2,1H3,(H,15,18)(H,16,17). The molecule has 18 heavy (non-hydrogen) atoms. The average Bonchev–Trinajstić information content (AvgIpc) is 3.02. The van der Waals surface area contributed by atoms with Gasteiger partial charge in [0.25, 0.3) is 5.91 Å². The predicted octanol–water partition coefficient (Wildman–Crippen LogP) is 1.32. The molecule has 1 aliphatic rings. The fraction of sp³-hybridized carbons (Fsp3) is 0.308. The zero-order valence-corrected chi connectivity index (χ0v) is 9.96. The van der Waals surface area contributed by atoms with Crippen LogP contribution in [0, 0.1) is 5.92 Å². The third kappa shape index (κ3) is 3.16. The normalized spacial score (nSPS) is 21.8. The summed E-state index contributed by atoms with van der Waals surface area (Å²) in [4.78, 5) is 26.2. The van der Waals surface area contributed by atoms with Crippen molar-refractivity contribution in [3.63, 3.8) is 0 Å². The Kier molecular flexibility index (Phi) is 3.41. The number of amides is 1. The van der Waals surface area contributed by atoms with Crippen molar-refractivity contribution < 1.29 is 14.7 Å². The largest absolute Gasteiger partial charge is 0.478 e. The smallest absolute Gasteiger partial charge is 0.328 e. The van der Waals surface area contributed by atoms with Gasteiger partial charge in [0.2, 0.25) is 0 Å². The first-order valence-electron chi connectivity index (χ1n) is 5.73. The van der Waals surface area contributed by atoms with Crippen molar-refractivity contribution in [1.82, 2.24) is 10.3 Å². The molecule has 1 aromatic heterocycles. The summed E-state index contributed by atoms with van der Waals surface area (Å²) in [5.74, 6) is -0.656. The van der Waals surface area contributed by atoms with Gasteiger partial charge in [0.15, 0.2) is 0 Å². The lowest BCUT2D eigenvalue weighted by Crippen LogP contribution is -2.26. The zero-order valence-electron chi connectivity index (χ0n) is 9.96. The third-order valence-electron chi connectivity index (χ3n) is 2.87. The second-order valence-electron chi connectivity index (χ2n) is 4.47. The summed E-state index contributed by atoms with van der Waals surface area (Å²) in [6, 6.07) is 1.88. The lowest BCUT2D eigenvalue weighted by molar-refractivity contribution is -0.131. The number of hydrogen-bond donors (Lipinski definition) is 2. The maximum Gasteiger partial charge on any atom is 0.328 e. The van der Waals surface area contributed by atoms with E-state index in [2.05, 4.69) is 17.2 Å². The maximum atomic E-state index is 11.8. The van der Waals surface area contributed by atoms with Gasteiger partial charge in [-0.1, -0.05) is 6.92 Å². The number of carbonyl (C=O) groups excluding carboxylic acids is 1. The molecule has 2 N–H and O–H groups in total. The predicted molar refractivity (Wildman–Crippen MR) is 65.9 cm³/mol. The average molecular weight is 246 g/mol. The zero-order chi connectivity index (χ0) is 13.1. The summed E-state index contributed by atoms with van der Waals surface area (Å²) in [6.07, 6.45) is 6.42. The van der Waals surface area contributed by atoms with Crippen LogP contribution >= 0.6 is 0 Å². The van der Waals surface area contributed by atoms with Crippen molar-refractivity contribution in [2.45, 2.75) is 19.4 Å². The van der Waals surface area contributed by atoms with E-state index in [1.54, 1.807) is 6.07 Å². The molecule has 2 rings (SSSR count). The molecule has 0 spiro atoms. The van der Waals surface area contributed by atoms with Crippen molar-refractivity contribution in [2.24, 2.45) is 5.92 Å². The Morgan fingerprint density at radius 3 is 2.83 bits per heavy atom. The Morgan fingerprint density at radius 1 is 1.50 bits per heavy atom. The summed E-state index contributed by atoms with van der Waals surface area (Å²) in [5.41, 5.74) is 1.04. The van der Waals surface area contributed by atoms with Gasteiger partial charge in [0.05, 0.1) is 5.56 Å². The minimum absolute atomic E-state index is 0.164. The number of aromatic nitrogens is 1. The summed E-state index contributed by atoms with van der Waals surface area (Å²) in [5, 5.41) is 11.4. The van der Waals surface area contributed by atoms with Crippen LogP contribution in [-0.2, 0) is 4.79 Å². The molecular weight excluding hydrogens is 232 g/mol. The van der Waals surface area contributed by atoms with Crippen LogP contribution in [0.5, 0.6) is 0 Å². The minimum Gasteiger partial charge on any atom is -0.478 e. The quantitative estimate of drug-likeness (QED) is 0.785. The molecule has 1 heterocycles. The molecule has 1 aromatic rings. The van der Waals surface area contributed by atoms with Crippen molar-refractivity contribution in [2.75, 3.05) is 0 Å². The first-order valence-corrected chi connectivity index (χ1v) is 5.73. The first-order chi connectivity index (χ1) is 8.56. The summed E-state index contributed by atoms with van der Waals surface area (Å²) < 4.78 is 0. The molecule has 0 radical (unpaired) electrons. The van der Waals surface area contributed by atoms with E-state index < -0.39 is 5.97 Å². The van der Waals surface area contributed by atoms with Gasteiger partial charge >= 0.3 is 5.97 Å². The highest BCUT2D eigenvalue weighted by atomic mass is 16.4. The number of nitrogens with one attached hydrogen (secondary N) is 1. The van der Waals surface area contributed by atoms with Crippen molar-refractivity contribution in [3.05, 3.63) is 35.7 Å².